The summed E-state index contributed by atoms with van der Waals surface area (Å²) in [6.07, 6.45) is 2.89. The monoisotopic (exact) mass is 587 g/mol. The second-order valence-corrected chi connectivity index (χ2v) is 12.5. The molecule has 1 atom stereocenters. The normalized spacial score (nSPS) is 21.9. The number of aliphatic carboxylic acids is 1. The Kier molecular flexibility index (Phi) is 8.93. The lowest BCUT2D eigenvalue weighted by molar-refractivity contribution is -0.137. The second kappa shape index (κ2) is 11.9. The molecule has 0 unspecified atom stereocenters. The Morgan fingerprint density at radius 1 is 1.10 bits per heavy atom. The van der Waals surface area contributed by atoms with Crippen LogP contribution in [0.2, 0.25) is 10.0 Å². The molecular formula is C30H35Cl2N3O5. The van der Waals surface area contributed by atoms with E-state index in [1.54, 1.807) is 47.4 Å². The van der Waals surface area contributed by atoms with Gasteiger partial charge < -0.3 is 20.4 Å². The third-order valence-electron chi connectivity index (χ3n) is 8.00. The fourth-order valence-electron chi connectivity index (χ4n) is 5.80. The number of aliphatic imine (C=N–C) groups is 1. The molecule has 1 aliphatic heterocycles. The summed E-state index contributed by atoms with van der Waals surface area (Å²) in [6.45, 7) is 6.37. The maximum absolute atomic E-state index is 14.1. The maximum atomic E-state index is 14.1. The highest BCUT2D eigenvalue weighted by Gasteiger charge is 2.52. The largest absolute Gasteiger partial charge is 0.481 e. The Labute approximate surface area is 244 Å². The lowest BCUT2D eigenvalue weighted by Gasteiger charge is -2.47. The Balaban J connectivity index is 1.67. The molecular weight excluding hydrogens is 553 g/mol. The molecule has 8 nitrogen and oxygen atoms in total. The number of carboxylic acids is 1. The van der Waals surface area contributed by atoms with E-state index < -0.39 is 23.6 Å². The number of nitrogens with one attached hydrogen (secondary N) is 1. The number of rotatable bonds is 8. The molecule has 1 spiro atoms. The van der Waals surface area contributed by atoms with Crippen molar-refractivity contribution in [3.63, 3.8) is 0 Å². The van der Waals surface area contributed by atoms with Crippen molar-refractivity contribution in [2.45, 2.75) is 64.6 Å². The minimum absolute atomic E-state index is 0.0170. The number of nitrogens with zero attached hydrogens (tertiary/aromatic N) is 2. The lowest BCUT2D eigenvalue weighted by Crippen LogP contribution is -2.52. The average Bonchev–Trinajstić information content (AvgIpc) is 3.15. The number of carboxylic acid groups (broad SMARTS) is 1. The minimum Gasteiger partial charge on any atom is -0.481 e. The predicted octanol–water partition coefficient (Wildman–Crippen LogP) is 5.50. The molecule has 2 aromatic carbocycles. The second-order valence-electron chi connectivity index (χ2n) is 11.6. The molecule has 2 aliphatic rings. The van der Waals surface area contributed by atoms with E-state index in [1.807, 2.05) is 0 Å². The number of hydrogen-bond acceptors (Lipinski definition) is 5. The van der Waals surface area contributed by atoms with Crippen LogP contribution in [0.3, 0.4) is 0 Å². The highest BCUT2D eigenvalue weighted by molar-refractivity contribution is 6.47. The molecule has 2 aromatic rings. The summed E-state index contributed by atoms with van der Waals surface area (Å²) in [4.78, 5) is 44.0. The number of hydrogen-bond donors (Lipinski definition) is 3. The van der Waals surface area contributed by atoms with Gasteiger partial charge in [-0.1, -0.05) is 56.1 Å². The van der Waals surface area contributed by atoms with Crippen LogP contribution < -0.4 is 5.32 Å². The summed E-state index contributed by atoms with van der Waals surface area (Å²) in [5.41, 5.74) is 1.11. The molecule has 0 radical (unpaired) electrons. The number of aliphatic hydroxyl groups is 1. The highest BCUT2D eigenvalue weighted by atomic mass is 35.5. The quantitative estimate of drug-likeness (QED) is 0.377. The summed E-state index contributed by atoms with van der Waals surface area (Å²) in [5, 5.41) is 22.8. The van der Waals surface area contributed by atoms with Gasteiger partial charge in [-0.25, -0.2) is 0 Å². The Morgan fingerprint density at radius 2 is 1.70 bits per heavy atom. The number of carbonyl (C=O) groups is 3. The van der Waals surface area contributed by atoms with Gasteiger partial charge in [0.15, 0.2) is 0 Å². The first kappa shape index (κ1) is 30.0. The zero-order valence-corrected chi connectivity index (χ0v) is 24.4. The van der Waals surface area contributed by atoms with E-state index in [-0.39, 0.29) is 36.6 Å². The van der Waals surface area contributed by atoms with Crippen LogP contribution in [0.5, 0.6) is 0 Å². The van der Waals surface area contributed by atoms with Crippen molar-refractivity contribution in [1.29, 1.82) is 0 Å². The molecule has 0 aromatic heterocycles. The van der Waals surface area contributed by atoms with Gasteiger partial charge in [-0.3, -0.25) is 19.4 Å². The molecule has 3 N–H and O–H groups in total. The van der Waals surface area contributed by atoms with E-state index in [0.717, 1.165) is 12.8 Å². The highest BCUT2D eigenvalue weighted by Crippen LogP contribution is 2.49. The summed E-state index contributed by atoms with van der Waals surface area (Å²) >= 11 is 12.5. The van der Waals surface area contributed by atoms with Gasteiger partial charge in [-0.05, 0) is 72.9 Å². The van der Waals surface area contributed by atoms with Crippen molar-refractivity contribution >= 4 is 46.7 Å². The first-order valence-corrected chi connectivity index (χ1v) is 14.2. The molecule has 1 fully saturated rings. The van der Waals surface area contributed by atoms with E-state index in [2.05, 4.69) is 26.1 Å². The van der Waals surface area contributed by atoms with Gasteiger partial charge in [0.25, 0.3) is 11.8 Å². The number of benzene rings is 2. The van der Waals surface area contributed by atoms with Crippen molar-refractivity contribution in [1.82, 2.24) is 10.2 Å². The average molecular weight is 589 g/mol. The van der Waals surface area contributed by atoms with Gasteiger partial charge in [0, 0.05) is 27.7 Å². The molecule has 1 saturated carbocycles. The summed E-state index contributed by atoms with van der Waals surface area (Å²) in [6, 6.07) is 10.9. The number of amides is 2. The third-order valence-corrected chi connectivity index (χ3v) is 8.44. The molecule has 1 aliphatic carbocycles. The molecule has 0 saturated heterocycles. The van der Waals surface area contributed by atoms with Gasteiger partial charge in [0.05, 0.1) is 19.1 Å². The predicted molar refractivity (Wildman–Crippen MR) is 155 cm³/mol. The van der Waals surface area contributed by atoms with Crippen molar-refractivity contribution in [3.05, 3.63) is 69.2 Å². The van der Waals surface area contributed by atoms with Crippen LogP contribution >= 0.6 is 23.2 Å². The van der Waals surface area contributed by atoms with Gasteiger partial charge in [0.1, 0.15) is 11.4 Å². The molecule has 1 heterocycles. The summed E-state index contributed by atoms with van der Waals surface area (Å²) < 4.78 is 0. The van der Waals surface area contributed by atoms with E-state index in [0.29, 0.717) is 45.5 Å². The smallest absolute Gasteiger partial charge is 0.305 e. The van der Waals surface area contributed by atoms with Crippen LogP contribution in [-0.2, 0) is 9.59 Å². The van der Waals surface area contributed by atoms with Crippen LogP contribution in [0, 0.1) is 11.3 Å². The number of aliphatic hydroxyl groups excluding tert-OH is 1. The molecule has 0 bridgehead atoms. The van der Waals surface area contributed by atoms with Gasteiger partial charge in [-0.2, -0.15) is 0 Å². The van der Waals surface area contributed by atoms with Crippen molar-refractivity contribution in [2.75, 3.05) is 13.2 Å². The molecule has 2 amide bonds. The SMILES string of the molecule is CC(C)(C)C1CCC2(CC1)N=C(c1cc(Cl)cc(Cl)c1)C(=O)N2[C@H](CO)c1ccc(C(=O)NCCC(=O)O)cc1. The first-order valence-electron chi connectivity index (χ1n) is 13.5. The van der Waals surface area contributed by atoms with Crippen molar-refractivity contribution < 1.29 is 24.6 Å². The van der Waals surface area contributed by atoms with Crippen LogP contribution in [0.25, 0.3) is 0 Å². The zero-order chi connectivity index (χ0) is 29.2. The van der Waals surface area contributed by atoms with E-state index in [4.69, 9.17) is 33.3 Å². The van der Waals surface area contributed by atoms with E-state index in [1.165, 1.54) is 0 Å². The third kappa shape index (κ3) is 6.35. The van der Waals surface area contributed by atoms with E-state index >= 15 is 0 Å². The van der Waals surface area contributed by atoms with Crippen molar-refractivity contribution in [2.24, 2.45) is 16.3 Å². The van der Waals surface area contributed by atoms with Crippen LogP contribution in [0.15, 0.2) is 47.5 Å². The van der Waals surface area contributed by atoms with Gasteiger partial charge in [0.2, 0.25) is 0 Å². The first-order chi connectivity index (χ1) is 18.8. The van der Waals surface area contributed by atoms with Crippen LogP contribution in [0.1, 0.15) is 80.4 Å². The van der Waals surface area contributed by atoms with Gasteiger partial charge in [-0.15, -0.1) is 0 Å². The summed E-state index contributed by atoms with van der Waals surface area (Å²) in [7, 11) is 0. The fourth-order valence-corrected chi connectivity index (χ4v) is 6.33. The molecule has 4 rings (SSSR count). The van der Waals surface area contributed by atoms with Crippen LogP contribution in [0.4, 0.5) is 0 Å². The number of carbonyl (C=O) groups excluding carboxylic acids is 2. The molecule has 10 heteroatoms. The summed E-state index contributed by atoms with van der Waals surface area (Å²) in [5.74, 6) is -1.22. The van der Waals surface area contributed by atoms with Crippen molar-refractivity contribution in [3.8, 4) is 0 Å². The standard InChI is InChI=1S/C30H35Cl2N3O5/c1-29(2,3)21-8-11-30(12-9-21)34-26(20-14-22(31)16-23(32)15-20)28(40)35(30)24(17-36)18-4-6-19(7-5-18)27(39)33-13-10-25(37)38/h4-7,14-16,21,24,36H,8-13,17H2,1-3H3,(H,33,39)(H,37,38)/t21?,24-,30?/m1/s1. The Bertz CT molecular complexity index is 1290. The molecule has 40 heavy (non-hydrogen) atoms. The minimum atomic E-state index is -0.996. The topological polar surface area (TPSA) is 119 Å². The lowest BCUT2D eigenvalue weighted by atomic mass is 9.69. The van der Waals surface area contributed by atoms with E-state index in [9.17, 15) is 19.5 Å². The zero-order valence-electron chi connectivity index (χ0n) is 22.9. The Hall–Kier alpha value is -2.94. The molecule has 214 valence electrons. The fraction of sp³-hybridized carbons (Fsp3) is 0.467. The number of halogens is 2. The Morgan fingerprint density at radius 3 is 2.23 bits per heavy atom. The van der Waals surface area contributed by atoms with Crippen LogP contribution in [-0.4, -0.2) is 57.4 Å². The van der Waals surface area contributed by atoms with Gasteiger partial charge >= 0.3 is 5.97 Å². The maximum Gasteiger partial charge on any atom is 0.305 e.